The molecule has 0 spiro atoms. The van der Waals surface area contributed by atoms with E-state index in [4.69, 9.17) is 4.42 Å². The number of nitrogens with one attached hydrogen (secondary N) is 1. The lowest BCUT2D eigenvalue weighted by atomic mass is 10.1. The van der Waals surface area contributed by atoms with E-state index in [0.29, 0.717) is 42.1 Å². The average Bonchev–Trinajstić information content (AvgIpc) is 3.16. The first-order valence-corrected chi connectivity index (χ1v) is 8.94. The van der Waals surface area contributed by atoms with Crippen molar-refractivity contribution in [2.45, 2.75) is 44.2 Å². The van der Waals surface area contributed by atoms with Crippen molar-refractivity contribution in [3.8, 4) is 11.3 Å². The minimum atomic E-state index is -0.338. The van der Waals surface area contributed by atoms with Crippen LogP contribution < -0.4 is 5.32 Å². The number of fused-ring (bicyclic) bond motifs is 2. The molecule has 4 rings (SSSR count). The van der Waals surface area contributed by atoms with Crippen LogP contribution in [-0.2, 0) is 11.2 Å². The first-order chi connectivity index (χ1) is 12.2. The Kier molecular flexibility index (Phi) is 4.53. The van der Waals surface area contributed by atoms with Crippen LogP contribution in [0.1, 0.15) is 31.6 Å². The lowest BCUT2D eigenvalue weighted by Crippen LogP contribution is -2.42. The van der Waals surface area contributed by atoms with E-state index in [9.17, 15) is 9.18 Å². The Labute approximate surface area is 146 Å². The highest BCUT2D eigenvalue weighted by Gasteiger charge is 2.37. The van der Waals surface area contributed by atoms with Crippen molar-refractivity contribution in [1.29, 1.82) is 0 Å². The number of nitrogens with zero attached hydrogens (tertiary/aromatic N) is 2. The number of hydrogen-bond acceptors (Lipinski definition) is 4. The number of carbonyl (C=O) groups excluding carboxylic acids is 1. The first kappa shape index (κ1) is 16.3. The monoisotopic (exact) mass is 343 g/mol. The Morgan fingerprint density at radius 1 is 1.28 bits per heavy atom. The van der Waals surface area contributed by atoms with E-state index in [1.54, 1.807) is 18.2 Å². The summed E-state index contributed by atoms with van der Waals surface area (Å²) in [6.45, 7) is 1.87. The van der Waals surface area contributed by atoms with Gasteiger partial charge in [0.2, 0.25) is 5.91 Å². The fourth-order valence-electron chi connectivity index (χ4n) is 3.94. The number of hydrogen-bond donors (Lipinski definition) is 1. The molecule has 2 fully saturated rings. The van der Waals surface area contributed by atoms with Crippen LogP contribution in [0.5, 0.6) is 0 Å². The molecule has 2 unspecified atom stereocenters. The highest BCUT2D eigenvalue weighted by molar-refractivity contribution is 5.77. The highest BCUT2D eigenvalue weighted by atomic mass is 19.1. The van der Waals surface area contributed by atoms with Crippen molar-refractivity contribution in [2.24, 2.45) is 0 Å². The van der Waals surface area contributed by atoms with Crippen LogP contribution in [0.25, 0.3) is 11.3 Å². The summed E-state index contributed by atoms with van der Waals surface area (Å²) in [7, 11) is 0. The Hall–Kier alpha value is -2.21. The third-order valence-corrected chi connectivity index (χ3v) is 5.19. The predicted molar refractivity (Wildman–Crippen MR) is 91.4 cm³/mol. The van der Waals surface area contributed by atoms with E-state index in [-0.39, 0.29) is 11.7 Å². The highest BCUT2D eigenvalue weighted by Crippen LogP contribution is 2.29. The van der Waals surface area contributed by atoms with Crippen molar-refractivity contribution in [2.75, 3.05) is 13.1 Å². The van der Waals surface area contributed by atoms with Gasteiger partial charge in [-0.15, -0.1) is 0 Å². The number of amides is 1. The van der Waals surface area contributed by atoms with Gasteiger partial charge in [0.25, 0.3) is 0 Å². The molecule has 0 radical (unpaired) electrons. The fourth-order valence-corrected chi connectivity index (χ4v) is 3.94. The van der Waals surface area contributed by atoms with Crippen molar-refractivity contribution < 1.29 is 13.6 Å². The molecule has 1 N–H and O–H groups in total. The molecule has 132 valence electrons. The Morgan fingerprint density at radius 2 is 2.12 bits per heavy atom. The molecule has 2 aliphatic heterocycles. The number of aromatic nitrogens is 1. The minimum absolute atomic E-state index is 0.168. The summed E-state index contributed by atoms with van der Waals surface area (Å²) in [6, 6.07) is 7.13. The lowest BCUT2D eigenvalue weighted by Gasteiger charge is -2.27. The largest absolute Gasteiger partial charge is 0.441 e. The summed E-state index contributed by atoms with van der Waals surface area (Å²) >= 11 is 0. The number of halogens is 1. The standard InChI is InChI=1S/C19H22FN3O2/c20-16-4-2-1-3-15(16)17-12-22-18(25-17)7-8-19(24)23-13-5-6-14(23)11-21-10-9-13/h1-4,12-14,21H,5-11H2. The van der Waals surface area contributed by atoms with Gasteiger partial charge in [0.05, 0.1) is 11.8 Å². The summed E-state index contributed by atoms with van der Waals surface area (Å²) < 4.78 is 19.5. The number of benzene rings is 1. The topological polar surface area (TPSA) is 58.4 Å². The molecule has 1 aromatic heterocycles. The van der Waals surface area contributed by atoms with Gasteiger partial charge in [-0.05, 0) is 37.9 Å². The number of oxazole rings is 1. The third kappa shape index (κ3) is 3.31. The van der Waals surface area contributed by atoms with Gasteiger partial charge in [-0.25, -0.2) is 9.37 Å². The average molecular weight is 343 g/mol. The molecule has 2 atom stereocenters. The quantitative estimate of drug-likeness (QED) is 0.927. The van der Waals surface area contributed by atoms with E-state index in [1.165, 1.54) is 12.3 Å². The van der Waals surface area contributed by atoms with Crippen LogP contribution in [0.4, 0.5) is 4.39 Å². The van der Waals surface area contributed by atoms with Crippen LogP contribution in [-0.4, -0.2) is 41.0 Å². The molecule has 1 aromatic carbocycles. The maximum absolute atomic E-state index is 13.8. The van der Waals surface area contributed by atoms with Gasteiger partial charge >= 0.3 is 0 Å². The molecular formula is C19H22FN3O2. The predicted octanol–water partition coefficient (Wildman–Crippen LogP) is 2.77. The SMILES string of the molecule is O=C(CCc1ncc(-c2ccccc2F)o1)N1C2CCNCC1CC2. The van der Waals surface area contributed by atoms with Crippen LogP contribution in [0.3, 0.4) is 0 Å². The van der Waals surface area contributed by atoms with Crippen LogP contribution >= 0.6 is 0 Å². The van der Waals surface area contributed by atoms with Gasteiger partial charge in [0.15, 0.2) is 11.7 Å². The van der Waals surface area contributed by atoms with Gasteiger partial charge < -0.3 is 14.6 Å². The molecule has 6 heteroatoms. The van der Waals surface area contributed by atoms with Gasteiger partial charge in [-0.2, -0.15) is 0 Å². The summed E-state index contributed by atoms with van der Waals surface area (Å²) in [5, 5.41) is 3.40. The molecule has 25 heavy (non-hydrogen) atoms. The molecule has 1 amide bonds. The van der Waals surface area contributed by atoms with Crippen LogP contribution in [0.15, 0.2) is 34.9 Å². The second-order valence-electron chi connectivity index (χ2n) is 6.78. The second-order valence-corrected chi connectivity index (χ2v) is 6.78. The van der Waals surface area contributed by atoms with Crippen molar-refractivity contribution >= 4 is 5.91 Å². The number of aryl methyl sites for hydroxylation is 1. The smallest absolute Gasteiger partial charge is 0.223 e. The molecule has 2 saturated heterocycles. The normalized spacial score (nSPS) is 22.8. The maximum Gasteiger partial charge on any atom is 0.223 e. The molecule has 5 nitrogen and oxygen atoms in total. The fraction of sp³-hybridized carbons (Fsp3) is 0.474. The minimum Gasteiger partial charge on any atom is -0.441 e. The number of carbonyl (C=O) groups is 1. The van der Waals surface area contributed by atoms with Crippen molar-refractivity contribution in [1.82, 2.24) is 15.2 Å². The maximum atomic E-state index is 13.8. The third-order valence-electron chi connectivity index (χ3n) is 5.19. The van der Waals surface area contributed by atoms with Crippen LogP contribution in [0.2, 0.25) is 0 Å². The van der Waals surface area contributed by atoms with Gasteiger partial charge in [-0.1, -0.05) is 12.1 Å². The zero-order chi connectivity index (χ0) is 17.2. The molecule has 0 saturated carbocycles. The first-order valence-electron chi connectivity index (χ1n) is 8.94. The molecule has 3 heterocycles. The van der Waals surface area contributed by atoms with Crippen molar-refractivity contribution in [3.05, 3.63) is 42.2 Å². The van der Waals surface area contributed by atoms with E-state index in [1.807, 2.05) is 0 Å². The van der Waals surface area contributed by atoms with E-state index in [0.717, 1.165) is 32.4 Å². The molecule has 2 aliphatic rings. The summed E-state index contributed by atoms with van der Waals surface area (Å²) in [6.07, 6.45) is 5.56. The summed E-state index contributed by atoms with van der Waals surface area (Å²) in [5.74, 6) is 0.711. The molecular weight excluding hydrogens is 321 g/mol. The van der Waals surface area contributed by atoms with E-state index in [2.05, 4.69) is 15.2 Å². The van der Waals surface area contributed by atoms with E-state index < -0.39 is 0 Å². The molecule has 0 aliphatic carbocycles. The van der Waals surface area contributed by atoms with E-state index >= 15 is 0 Å². The Morgan fingerprint density at radius 3 is 3.00 bits per heavy atom. The zero-order valence-corrected chi connectivity index (χ0v) is 14.1. The van der Waals surface area contributed by atoms with Gasteiger partial charge in [0, 0.05) is 31.5 Å². The zero-order valence-electron chi connectivity index (χ0n) is 14.1. The molecule has 2 aromatic rings. The summed E-state index contributed by atoms with van der Waals surface area (Å²) in [4.78, 5) is 19.0. The second kappa shape index (κ2) is 6.96. The summed E-state index contributed by atoms with van der Waals surface area (Å²) in [5.41, 5.74) is 0.393. The van der Waals surface area contributed by atoms with Crippen molar-refractivity contribution in [3.63, 3.8) is 0 Å². The van der Waals surface area contributed by atoms with Gasteiger partial charge in [-0.3, -0.25) is 4.79 Å². The Bertz CT molecular complexity index is 747. The molecule has 2 bridgehead atoms. The number of rotatable bonds is 4. The lowest BCUT2D eigenvalue weighted by molar-refractivity contribution is -0.133. The Balaban J connectivity index is 1.40. The van der Waals surface area contributed by atoms with Gasteiger partial charge in [0.1, 0.15) is 5.82 Å². The van der Waals surface area contributed by atoms with Crippen LogP contribution in [0, 0.1) is 5.82 Å².